The molecule has 2 heterocycles. The van der Waals surface area contributed by atoms with Gasteiger partial charge in [-0.15, -0.1) is 0 Å². The van der Waals surface area contributed by atoms with Crippen molar-refractivity contribution < 1.29 is 27.5 Å². The number of nitrogens with one attached hydrogen (secondary N) is 3. The average Bonchev–Trinajstić information content (AvgIpc) is 2.69. The van der Waals surface area contributed by atoms with Gasteiger partial charge in [-0.2, -0.15) is 0 Å². The van der Waals surface area contributed by atoms with Crippen LogP contribution in [0.3, 0.4) is 0 Å². The molecule has 2 unspecified atom stereocenters. The van der Waals surface area contributed by atoms with Crippen molar-refractivity contribution in [3.8, 4) is 0 Å². The molecule has 200 valence electrons. The van der Waals surface area contributed by atoms with Crippen LogP contribution in [0.2, 0.25) is 0 Å². The van der Waals surface area contributed by atoms with Crippen molar-refractivity contribution in [2.75, 3.05) is 45.5 Å². The second-order valence-electron chi connectivity index (χ2n) is 11.1. The third-order valence-corrected chi connectivity index (χ3v) is 6.49. The number of hydrogen-bond donors (Lipinski definition) is 3. The Hall–Kier alpha value is -1.59. The monoisotopic (exact) mass is 506 g/mol. The van der Waals surface area contributed by atoms with E-state index in [-0.39, 0.29) is 12.0 Å². The lowest BCUT2D eigenvalue weighted by molar-refractivity contribution is 0.0503. The van der Waals surface area contributed by atoms with Crippen LogP contribution in [0, 0.1) is 11.8 Å². The molecular formula is C23H46N4O6S. The summed E-state index contributed by atoms with van der Waals surface area (Å²) in [5.74, 6) is 0.697. The van der Waals surface area contributed by atoms with Crippen LogP contribution in [0.1, 0.15) is 67.2 Å². The fourth-order valence-corrected chi connectivity index (χ4v) is 4.62. The molecule has 0 bridgehead atoms. The van der Waals surface area contributed by atoms with Crippen LogP contribution in [0.15, 0.2) is 0 Å². The molecule has 0 aliphatic carbocycles. The molecule has 0 aromatic carbocycles. The SMILES string of the molecule is CC(C)(C)OC(=O)NCC1CCCN(S(C)(=O)=O)C1.CC(C)(C)OC(=O)NCC1CCCNC1. The van der Waals surface area contributed by atoms with E-state index in [0.29, 0.717) is 32.1 Å². The Morgan fingerprint density at radius 2 is 1.41 bits per heavy atom. The second kappa shape index (κ2) is 13.5. The second-order valence-corrected chi connectivity index (χ2v) is 13.1. The summed E-state index contributed by atoms with van der Waals surface area (Å²) in [5.41, 5.74) is -0.926. The minimum absolute atomic E-state index is 0.149. The molecule has 3 N–H and O–H groups in total. The van der Waals surface area contributed by atoms with Gasteiger partial charge in [-0.3, -0.25) is 0 Å². The van der Waals surface area contributed by atoms with E-state index in [4.69, 9.17) is 9.47 Å². The molecule has 0 saturated carbocycles. The van der Waals surface area contributed by atoms with Crippen LogP contribution < -0.4 is 16.0 Å². The summed E-state index contributed by atoms with van der Waals surface area (Å²) >= 11 is 0. The summed E-state index contributed by atoms with van der Waals surface area (Å²) in [6.07, 6.45) is 4.58. The molecule has 2 fully saturated rings. The average molecular weight is 507 g/mol. The van der Waals surface area contributed by atoms with Crippen LogP contribution >= 0.6 is 0 Å². The quantitative estimate of drug-likeness (QED) is 0.523. The third-order valence-electron chi connectivity index (χ3n) is 5.22. The number of carbonyl (C=O) groups is 2. The van der Waals surface area contributed by atoms with Gasteiger partial charge in [0.15, 0.2) is 0 Å². The van der Waals surface area contributed by atoms with Gasteiger partial charge in [0.1, 0.15) is 11.2 Å². The Kier molecular flexibility index (Phi) is 12.1. The fraction of sp³-hybridized carbons (Fsp3) is 0.913. The first kappa shape index (κ1) is 30.4. The molecule has 2 aliphatic heterocycles. The summed E-state index contributed by atoms with van der Waals surface area (Å²) < 4.78 is 34.7. The van der Waals surface area contributed by atoms with E-state index in [1.807, 2.05) is 20.8 Å². The molecule has 0 spiro atoms. The van der Waals surface area contributed by atoms with Gasteiger partial charge in [0.25, 0.3) is 0 Å². The zero-order valence-corrected chi connectivity index (χ0v) is 22.8. The summed E-state index contributed by atoms with van der Waals surface area (Å²) in [7, 11) is -3.14. The van der Waals surface area contributed by atoms with Crippen LogP contribution in [-0.4, -0.2) is 81.6 Å². The zero-order valence-electron chi connectivity index (χ0n) is 22.0. The number of ether oxygens (including phenoxy) is 2. The highest BCUT2D eigenvalue weighted by molar-refractivity contribution is 7.88. The maximum atomic E-state index is 11.5. The highest BCUT2D eigenvalue weighted by atomic mass is 32.2. The van der Waals surface area contributed by atoms with Gasteiger partial charge < -0.3 is 25.4 Å². The van der Waals surface area contributed by atoms with Crippen LogP contribution in [0.5, 0.6) is 0 Å². The van der Waals surface area contributed by atoms with Gasteiger partial charge in [0, 0.05) is 26.2 Å². The number of nitrogens with zero attached hydrogens (tertiary/aromatic N) is 1. The van der Waals surface area contributed by atoms with E-state index in [2.05, 4.69) is 16.0 Å². The first-order valence-electron chi connectivity index (χ1n) is 12.1. The lowest BCUT2D eigenvalue weighted by atomic mass is 10.00. The van der Waals surface area contributed by atoms with Gasteiger partial charge in [-0.05, 0) is 92.2 Å². The minimum atomic E-state index is -3.14. The predicted octanol–water partition coefficient (Wildman–Crippen LogP) is 2.69. The molecule has 0 radical (unpaired) electrons. The third kappa shape index (κ3) is 14.6. The van der Waals surface area contributed by atoms with Crippen molar-refractivity contribution in [3.63, 3.8) is 0 Å². The van der Waals surface area contributed by atoms with Crippen LogP contribution in [0.25, 0.3) is 0 Å². The predicted molar refractivity (Wildman–Crippen MR) is 133 cm³/mol. The van der Waals surface area contributed by atoms with Crippen molar-refractivity contribution in [1.82, 2.24) is 20.3 Å². The summed E-state index contributed by atoms with van der Waals surface area (Å²) in [4.78, 5) is 22.9. The van der Waals surface area contributed by atoms with Gasteiger partial charge in [0.05, 0.1) is 6.26 Å². The Morgan fingerprint density at radius 3 is 1.85 bits per heavy atom. The standard InChI is InChI=1S/C12H24N2O4S.C11H22N2O2/c1-12(2,3)18-11(15)13-8-10-6-5-7-14(9-10)19(4,16)17;1-11(2,3)15-10(14)13-8-9-5-4-6-12-7-9/h10H,5-9H2,1-4H3,(H,13,15);9,12H,4-8H2,1-3H3,(H,13,14). The van der Waals surface area contributed by atoms with E-state index in [9.17, 15) is 18.0 Å². The van der Waals surface area contributed by atoms with Gasteiger partial charge >= 0.3 is 12.2 Å². The number of alkyl carbamates (subject to hydrolysis) is 2. The largest absolute Gasteiger partial charge is 0.444 e. The minimum Gasteiger partial charge on any atom is -0.444 e. The Morgan fingerprint density at radius 1 is 0.912 bits per heavy atom. The van der Waals surface area contributed by atoms with Gasteiger partial charge in [-0.1, -0.05) is 0 Å². The van der Waals surface area contributed by atoms with Gasteiger partial charge in [0.2, 0.25) is 10.0 Å². The molecular weight excluding hydrogens is 460 g/mol. The molecule has 34 heavy (non-hydrogen) atoms. The van der Waals surface area contributed by atoms with Crippen LogP contribution in [-0.2, 0) is 19.5 Å². The molecule has 2 rings (SSSR count). The van der Waals surface area contributed by atoms with Gasteiger partial charge in [-0.25, -0.2) is 22.3 Å². The first-order valence-corrected chi connectivity index (χ1v) is 14.0. The summed E-state index contributed by atoms with van der Waals surface area (Å²) in [6.45, 7) is 15.3. The molecule has 2 saturated heterocycles. The molecule has 2 amide bonds. The van der Waals surface area contributed by atoms with E-state index in [1.54, 1.807) is 20.8 Å². The Balaban J connectivity index is 0.000000350. The van der Waals surface area contributed by atoms with Crippen molar-refractivity contribution in [3.05, 3.63) is 0 Å². The topological polar surface area (TPSA) is 126 Å². The van der Waals surface area contributed by atoms with E-state index in [1.165, 1.54) is 23.4 Å². The summed E-state index contributed by atoms with van der Waals surface area (Å²) in [5, 5.41) is 8.82. The maximum Gasteiger partial charge on any atom is 0.407 e. The molecule has 10 nitrogen and oxygen atoms in total. The molecule has 0 aromatic heterocycles. The summed E-state index contributed by atoms with van der Waals surface area (Å²) in [6, 6.07) is 0. The Labute approximate surface area is 205 Å². The number of piperidine rings is 2. The number of hydrogen-bond acceptors (Lipinski definition) is 7. The van der Waals surface area contributed by atoms with Crippen molar-refractivity contribution in [1.29, 1.82) is 0 Å². The normalized spacial score (nSPS) is 22.1. The maximum absolute atomic E-state index is 11.5. The fourth-order valence-electron chi connectivity index (χ4n) is 3.68. The Bertz CT molecular complexity index is 740. The first-order chi connectivity index (χ1) is 15.5. The zero-order chi connectivity index (χ0) is 26.0. The van der Waals surface area contributed by atoms with Crippen molar-refractivity contribution in [2.24, 2.45) is 11.8 Å². The number of sulfonamides is 1. The molecule has 11 heteroatoms. The van der Waals surface area contributed by atoms with E-state index < -0.39 is 27.3 Å². The van der Waals surface area contributed by atoms with E-state index >= 15 is 0 Å². The smallest absolute Gasteiger partial charge is 0.407 e. The van der Waals surface area contributed by atoms with Crippen LogP contribution in [0.4, 0.5) is 9.59 Å². The van der Waals surface area contributed by atoms with Crippen molar-refractivity contribution in [2.45, 2.75) is 78.4 Å². The highest BCUT2D eigenvalue weighted by Gasteiger charge is 2.26. The van der Waals surface area contributed by atoms with Crippen molar-refractivity contribution >= 4 is 22.2 Å². The number of rotatable bonds is 5. The van der Waals surface area contributed by atoms with E-state index in [0.717, 1.165) is 25.9 Å². The molecule has 2 atom stereocenters. The lowest BCUT2D eigenvalue weighted by Gasteiger charge is -2.31. The lowest BCUT2D eigenvalue weighted by Crippen LogP contribution is -2.44. The number of amides is 2. The molecule has 2 aliphatic rings. The highest BCUT2D eigenvalue weighted by Crippen LogP contribution is 2.18. The molecule has 0 aromatic rings. The number of carbonyl (C=O) groups excluding carboxylic acids is 2.